The lowest BCUT2D eigenvalue weighted by molar-refractivity contribution is 0.0541. The van der Waals surface area contributed by atoms with Gasteiger partial charge in [0.25, 0.3) is 0 Å². The summed E-state index contributed by atoms with van der Waals surface area (Å²) in [7, 11) is 2.26. The molecule has 2 N–H and O–H groups in total. The zero-order chi connectivity index (χ0) is 13.0. The van der Waals surface area contributed by atoms with Crippen LogP contribution in [0.2, 0.25) is 0 Å². The molecule has 2 rings (SSSR count). The van der Waals surface area contributed by atoms with Crippen LogP contribution in [0.25, 0.3) is 0 Å². The van der Waals surface area contributed by atoms with Gasteiger partial charge in [-0.25, -0.2) is 0 Å². The van der Waals surface area contributed by atoms with E-state index >= 15 is 0 Å². The molecule has 0 radical (unpaired) electrons. The van der Waals surface area contributed by atoms with E-state index in [0.717, 1.165) is 32.7 Å². The third-order valence-corrected chi connectivity index (χ3v) is 5.04. The molecule has 0 aromatic heterocycles. The van der Waals surface area contributed by atoms with Gasteiger partial charge in [0, 0.05) is 24.7 Å². The Kier molecular flexibility index (Phi) is 5.01. The number of likely N-dealkylation sites (tertiary alicyclic amines) is 1. The summed E-state index contributed by atoms with van der Waals surface area (Å²) in [6.07, 6.45) is 4.86. The van der Waals surface area contributed by atoms with Gasteiger partial charge in [0.05, 0.1) is 6.61 Å². The summed E-state index contributed by atoms with van der Waals surface area (Å²) in [6, 6.07) is 0.571. The molecule has 2 saturated heterocycles. The van der Waals surface area contributed by atoms with Gasteiger partial charge in [-0.15, -0.1) is 0 Å². The molecule has 18 heavy (non-hydrogen) atoms. The van der Waals surface area contributed by atoms with Gasteiger partial charge in [-0.05, 0) is 52.4 Å². The number of hydrogen-bond donors (Lipinski definition) is 1. The van der Waals surface area contributed by atoms with Crippen LogP contribution < -0.4 is 5.73 Å². The number of likely N-dealkylation sites (N-methyl/N-ethyl adjacent to an activating group) is 1. The summed E-state index contributed by atoms with van der Waals surface area (Å²) < 4.78 is 5.54. The highest BCUT2D eigenvalue weighted by Gasteiger charge is 2.39. The average molecular weight is 255 g/mol. The first-order valence-corrected chi connectivity index (χ1v) is 7.45. The van der Waals surface area contributed by atoms with Crippen molar-refractivity contribution >= 4 is 0 Å². The minimum absolute atomic E-state index is 0.197. The lowest BCUT2D eigenvalue weighted by Gasteiger charge is -2.44. The van der Waals surface area contributed by atoms with E-state index in [0.29, 0.717) is 6.04 Å². The van der Waals surface area contributed by atoms with E-state index in [9.17, 15) is 0 Å². The number of nitrogens with two attached hydrogens (primary N) is 1. The molecule has 0 aromatic rings. The Morgan fingerprint density at radius 3 is 2.83 bits per heavy atom. The summed E-state index contributed by atoms with van der Waals surface area (Å²) in [6.45, 7) is 8.41. The lowest BCUT2D eigenvalue weighted by Crippen LogP contribution is -2.56. The molecular formula is C14H29N3O. The van der Waals surface area contributed by atoms with Crippen molar-refractivity contribution in [2.75, 3.05) is 46.4 Å². The predicted octanol–water partition coefficient (Wildman–Crippen LogP) is 0.910. The van der Waals surface area contributed by atoms with Gasteiger partial charge in [0.2, 0.25) is 0 Å². The third kappa shape index (κ3) is 2.87. The topological polar surface area (TPSA) is 41.7 Å². The Morgan fingerprint density at radius 2 is 2.22 bits per heavy atom. The summed E-state index contributed by atoms with van der Waals surface area (Å²) in [5.74, 6) is 0. The second-order valence-corrected chi connectivity index (χ2v) is 5.84. The van der Waals surface area contributed by atoms with E-state index in [2.05, 4.69) is 23.8 Å². The molecule has 0 aliphatic carbocycles. The molecule has 0 saturated carbocycles. The quantitative estimate of drug-likeness (QED) is 0.811. The molecule has 2 unspecified atom stereocenters. The highest BCUT2D eigenvalue weighted by molar-refractivity contribution is 4.96. The van der Waals surface area contributed by atoms with Gasteiger partial charge in [0.1, 0.15) is 0 Å². The predicted molar refractivity (Wildman–Crippen MR) is 74.7 cm³/mol. The molecule has 0 aromatic carbocycles. The van der Waals surface area contributed by atoms with Gasteiger partial charge in [-0.1, -0.05) is 6.92 Å². The Morgan fingerprint density at radius 1 is 1.39 bits per heavy atom. The summed E-state index contributed by atoms with van der Waals surface area (Å²) >= 11 is 0. The summed E-state index contributed by atoms with van der Waals surface area (Å²) in [4.78, 5) is 5.09. The SMILES string of the molecule is CCN1CCCC(CN)(N(C)C2CCOC2)CC1. The monoisotopic (exact) mass is 255 g/mol. The first kappa shape index (κ1) is 14.3. The molecule has 4 nitrogen and oxygen atoms in total. The Balaban J connectivity index is 2.03. The Bertz CT molecular complexity index is 255. The van der Waals surface area contributed by atoms with Gasteiger partial charge < -0.3 is 15.4 Å². The number of nitrogens with zero attached hydrogens (tertiary/aromatic N) is 2. The minimum atomic E-state index is 0.197. The summed E-state index contributed by atoms with van der Waals surface area (Å²) in [5.41, 5.74) is 6.36. The van der Waals surface area contributed by atoms with Crippen LogP contribution in [0.4, 0.5) is 0 Å². The highest BCUT2D eigenvalue weighted by atomic mass is 16.5. The number of ether oxygens (including phenoxy) is 1. The second kappa shape index (κ2) is 6.33. The number of hydrogen-bond acceptors (Lipinski definition) is 4. The Hall–Kier alpha value is -0.160. The maximum absolute atomic E-state index is 6.16. The van der Waals surface area contributed by atoms with Crippen LogP contribution in [-0.2, 0) is 4.74 Å². The van der Waals surface area contributed by atoms with Gasteiger partial charge >= 0.3 is 0 Å². The van der Waals surface area contributed by atoms with Crippen molar-refractivity contribution in [2.45, 2.75) is 44.2 Å². The minimum Gasteiger partial charge on any atom is -0.380 e. The molecular weight excluding hydrogens is 226 g/mol. The van der Waals surface area contributed by atoms with Crippen LogP contribution in [0.1, 0.15) is 32.6 Å². The van der Waals surface area contributed by atoms with Crippen LogP contribution in [-0.4, -0.2) is 67.8 Å². The maximum Gasteiger partial charge on any atom is 0.0622 e. The molecule has 2 aliphatic rings. The molecule has 2 heterocycles. The highest BCUT2D eigenvalue weighted by Crippen LogP contribution is 2.30. The van der Waals surface area contributed by atoms with E-state index in [1.54, 1.807) is 0 Å². The van der Waals surface area contributed by atoms with Crippen molar-refractivity contribution < 1.29 is 4.74 Å². The van der Waals surface area contributed by atoms with E-state index in [-0.39, 0.29) is 5.54 Å². The van der Waals surface area contributed by atoms with Crippen molar-refractivity contribution in [3.05, 3.63) is 0 Å². The summed E-state index contributed by atoms with van der Waals surface area (Å²) in [5, 5.41) is 0. The fourth-order valence-electron chi connectivity index (χ4n) is 3.47. The van der Waals surface area contributed by atoms with E-state index in [4.69, 9.17) is 10.5 Å². The standard InChI is InChI=1S/C14H29N3O/c1-3-17-8-4-6-14(12-15,7-9-17)16(2)13-5-10-18-11-13/h13H,3-12,15H2,1-2H3. The molecule has 106 valence electrons. The second-order valence-electron chi connectivity index (χ2n) is 5.84. The number of rotatable bonds is 4. The van der Waals surface area contributed by atoms with E-state index < -0.39 is 0 Å². The average Bonchev–Trinajstić information content (AvgIpc) is 2.84. The molecule has 4 heteroatoms. The first-order chi connectivity index (χ1) is 8.72. The van der Waals surface area contributed by atoms with Crippen LogP contribution in [0, 0.1) is 0 Å². The van der Waals surface area contributed by atoms with Gasteiger partial charge in [-0.3, -0.25) is 4.90 Å². The van der Waals surface area contributed by atoms with Crippen molar-refractivity contribution in [1.29, 1.82) is 0 Å². The van der Waals surface area contributed by atoms with Crippen LogP contribution >= 0.6 is 0 Å². The van der Waals surface area contributed by atoms with Crippen molar-refractivity contribution in [1.82, 2.24) is 9.80 Å². The molecule has 0 bridgehead atoms. The lowest BCUT2D eigenvalue weighted by atomic mass is 9.87. The van der Waals surface area contributed by atoms with E-state index in [1.807, 2.05) is 0 Å². The van der Waals surface area contributed by atoms with Crippen LogP contribution in [0.5, 0.6) is 0 Å². The molecule has 2 aliphatic heterocycles. The maximum atomic E-state index is 6.16. The van der Waals surface area contributed by atoms with Gasteiger partial charge in [0.15, 0.2) is 0 Å². The molecule has 0 amide bonds. The van der Waals surface area contributed by atoms with Gasteiger partial charge in [-0.2, -0.15) is 0 Å². The fraction of sp³-hybridized carbons (Fsp3) is 1.00. The van der Waals surface area contributed by atoms with Crippen molar-refractivity contribution in [3.63, 3.8) is 0 Å². The third-order valence-electron chi connectivity index (χ3n) is 5.04. The van der Waals surface area contributed by atoms with E-state index in [1.165, 1.54) is 32.4 Å². The normalized spacial score (nSPS) is 35.0. The fourth-order valence-corrected chi connectivity index (χ4v) is 3.47. The van der Waals surface area contributed by atoms with Crippen molar-refractivity contribution in [3.8, 4) is 0 Å². The zero-order valence-electron chi connectivity index (χ0n) is 12.0. The molecule has 0 spiro atoms. The van der Waals surface area contributed by atoms with Crippen LogP contribution in [0.15, 0.2) is 0 Å². The van der Waals surface area contributed by atoms with Crippen LogP contribution in [0.3, 0.4) is 0 Å². The molecule has 2 atom stereocenters. The smallest absolute Gasteiger partial charge is 0.0622 e. The molecule has 2 fully saturated rings. The Labute approximate surface area is 111 Å². The largest absolute Gasteiger partial charge is 0.380 e. The zero-order valence-corrected chi connectivity index (χ0v) is 12.0. The van der Waals surface area contributed by atoms with Crippen molar-refractivity contribution in [2.24, 2.45) is 5.73 Å². The first-order valence-electron chi connectivity index (χ1n) is 7.45.